The fourth-order valence-electron chi connectivity index (χ4n) is 1.42. The van der Waals surface area contributed by atoms with Crippen molar-refractivity contribution < 1.29 is 13.5 Å². The largest absolute Gasteiger partial charge is 0.494 e. The van der Waals surface area contributed by atoms with Crippen LogP contribution in [0.4, 0.5) is 4.39 Å². The highest BCUT2D eigenvalue weighted by Gasteiger charge is 2.12. The van der Waals surface area contributed by atoms with E-state index in [-0.39, 0.29) is 11.1 Å². The molecule has 1 aromatic heterocycles. The van der Waals surface area contributed by atoms with E-state index in [1.54, 1.807) is 13.0 Å². The SMILES string of the molecule is COc1ccc(-c2cnc(C(C)Cl)o2)cc1F. The second-order valence-corrected chi connectivity index (χ2v) is 4.18. The highest BCUT2D eigenvalue weighted by Crippen LogP contribution is 2.28. The molecule has 0 aliphatic carbocycles. The summed E-state index contributed by atoms with van der Waals surface area (Å²) in [5, 5.41) is -0.313. The predicted octanol–water partition coefficient (Wildman–Crippen LogP) is 3.79. The van der Waals surface area contributed by atoms with Gasteiger partial charge in [-0.3, -0.25) is 0 Å². The molecule has 0 aliphatic heterocycles. The molecule has 1 unspecified atom stereocenters. The summed E-state index contributed by atoms with van der Waals surface area (Å²) in [5.74, 6) is 0.646. The third-order valence-corrected chi connectivity index (χ3v) is 2.49. The summed E-state index contributed by atoms with van der Waals surface area (Å²) in [4.78, 5) is 4.01. The Labute approximate surface area is 103 Å². The lowest BCUT2D eigenvalue weighted by Gasteiger charge is -2.02. The van der Waals surface area contributed by atoms with Gasteiger partial charge in [0.15, 0.2) is 17.3 Å². The number of halogens is 2. The van der Waals surface area contributed by atoms with Crippen LogP contribution in [0.15, 0.2) is 28.8 Å². The first-order chi connectivity index (χ1) is 8.11. The average molecular weight is 256 g/mol. The molecular formula is C12H11ClFNO2. The van der Waals surface area contributed by atoms with E-state index in [1.807, 2.05) is 0 Å². The van der Waals surface area contributed by atoms with Gasteiger partial charge < -0.3 is 9.15 Å². The number of hydrogen-bond donors (Lipinski definition) is 0. The number of alkyl halides is 1. The molecule has 17 heavy (non-hydrogen) atoms. The van der Waals surface area contributed by atoms with E-state index in [4.69, 9.17) is 20.8 Å². The molecule has 0 amide bonds. The van der Waals surface area contributed by atoms with Crippen molar-refractivity contribution in [2.45, 2.75) is 12.3 Å². The van der Waals surface area contributed by atoms with Crippen molar-refractivity contribution >= 4 is 11.6 Å². The van der Waals surface area contributed by atoms with Gasteiger partial charge in [-0.05, 0) is 25.1 Å². The first-order valence-corrected chi connectivity index (χ1v) is 5.49. The van der Waals surface area contributed by atoms with Gasteiger partial charge in [0.25, 0.3) is 0 Å². The van der Waals surface area contributed by atoms with Gasteiger partial charge in [0.1, 0.15) is 5.38 Å². The molecule has 0 bridgehead atoms. The van der Waals surface area contributed by atoms with Gasteiger partial charge in [-0.15, -0.1) is 11.6 Å². The Morgan fingerprint density at radius 1 is 1.47 bits per heavy atom. The van der Waals surface area contributed by atoms with Crippen LogP contribution < -0.4 is 4.74 Å². The zero-order chi connectivity index (χ0) is 12.4. The Bertz CT molecular complexity index is 525. The average Bonchev–Trinajstić information content (AvgIpc) is 2.78. The Kier molecular flexibility index (Phi) is 3.33. The van der Waals surface area contributed by atoms with E-state index < -0.39 is 5.82 Å². The van der Waals surface area contributed by atoms with E-state index in [0.29, 0.717) is 17.2 Å². The van der Waals surface area contributed by atoms with Crippen molar-refractivity contribution in [2.75, 3.05) is 7.11 Å². The molecule has 1 atom stereocenters. The second-order valence-electron chi connectivity index (χ2n) is 3.53. The highest BCUT2D eigenvalue weighted by atomic mass is 35.5. The van der Waals surface area contributed by atoms with Crippen molar-refractivity contribution in [1.29, 1.82) is 0 Å². The van der Waals surface area contributed by atoms with Crippen molar-refractivity contribution in [3.63, 3.8) is 0 Å². The lowest BCUT2D eigenvalue weighted by Crippen LogP contribution is -1.87. The standard InChI is InChI=1S/C12H11ClFNO2/c1-7(13)12-15-6-11(17-12)8-3-4-10(16-2)9(14)5-8/h3-7H,1-2H3. The summed E-state index contributed by atoms with van der Waals surface area (Å²) in [6.07, 6.45) is 1.52. The smallest absolute Gasteiger partial charge is 0.212 e. The molecule has 0 saturated carbocycles. The minimum atomic E-state index is -0.443. The molecule has 0 fully saturated rings. The Morgan fingerprint density at radius 2 is 2.24 bits per heavy atom. The summed E-state index contributed by atoms with van der Waals surface area (Å²) in [6.45, 7) is 1.76. The molecule has 2 aromatic rings. The van der Waals surface area contributed by atoms with Crippen molar-refractivity contribution in [3.8, 4) is 17.1 Å². The number of nitrogens with zero attached hydrogens (tertiary/aromatic N) is 1. The van der Waals surface area contributed by atoms with Gasteiger partial charge in [0, 0.05) is 5.56 Å². The number of ether oxygens (including phenoxy) is 1. The van der Waals surface area contributed by atoms with Crippen LogP contribution in [0.2, 0.25) is 0 Å². The topological polar surface area (TPSA) is 35.3 Å². The molecule has 0 aliphatic rings. The summed E-state index contributed by atoms with van der Waals surface area (Å²) in [7, 11) is 1.42. The molecule has 2 rings (SSSR count). The molecule has 1 aromatic carbocycles. The van der Waals surface area contributed by atoms with Crippen molar-refractivity contribution in [1.82, 2.24) is 4.98 Å². The highest BCUT2D eigenvalue weighted by molar-refractivity contribution is 6.20. The molecule has 3 nitrogen and oxygen atoms in total. The minimum absolute atomic E-state index is 0.194. The maximum atomic E-state index is 13.5. The molecule has 90 valence electrons. The third-order valence-electron chi connectivity index (χ3n) is 2.30. The van der Waals surface area contributed by atoms with E-state index in [2.05, 4.69) is 4.98 Å². The third kappa shape index (κ3) is 2.42. The van der Waals surface area contributed by atoms with E-state index in [1.165, 1.54) is 25.4 Å². The molecule has 0 saturated heterocycles. The zero-order valence-electron chi connectivity index (χ0n) is 9.41. The number of aromatic nitrogens is 1. The summed E-state index contributed by atoms with van der Waals surface area (Å²) >= 11 is 5.83. The van der Waals surface area contributed by atoms with Crippen LogP contribution in [0, 0.1) is 5.82 Å². The molecule has 0 radical (unpaired) electrons. The van der Waals surface area contributed by atoms with Crippen LogP contribution in [0.1, 0.15) is 18.2 Å². The Morgan fingerprint density at radius 3 is 2.76 bits per heavy atom. The van der Waals surface area contributed by atoms with Crippen molar-refractivity contribution in [2.24, 2.45) is 0 Å². The number of methoxy groups -OCH3 is 1. The molecule has 0 spiro atoms. The number of rotatable bonds is 3. The lowest BCUT2D eigenvalue weighted by atomic mass is 10.2. The van der Waals surface area contributed by atoms with Gasteiger partial charge in [0.05, 0.1) is 13.3 Å². The van der Waals surface area contributed by atoms with E-state index >= 15 is 0 Å². The summed E-state index contributed by atoms with van der Waals surface area (Å²) in [6, 6.07) is 4.57. The first-order valence-electron chi connectivity index (χ1n) is 5.05. The van der Waals surface area contributed by atoms with Crippen LogP contribution in [0.3, 0.4) is 0 Å². The maximum Gasteiger partial charge on any atom is 0.212 e. The number of oxazole rings is 1. The minimum Gasteiger partial charge on any atom is -0.494 e. The first kappa shape index (κ1) is 11.9. The van der Waals surface area contributed by atoms with Gasteiger partial charge >= 0.3 is 0 Å². The van der Waals surface area contributed by atoms with Crippen LogP contribution >= 0.6 is 11.6 Å². The molecule has 5 heteroatoms. The lowest BCUT2D eigenvalue weighted by molar-refractivity contribution is 0.386. The van der Waals surface area contributed by atoms with Crippen LogP contribution in [-0.4, -0.2) is 12.1 Å². The van der Waals surface area contributed by atoms with Gasteiger partial charge in [-0.2, -0.15) is 0 Å². The summed E-state index contributed by atoms with van der Waals surface area (Å²) < 4.78 is 23.7. The van der Waals surface area contributed by atoms with Crippen LogP contribution in [-0.2, 0) is 0 Å². The predicted molar refractivity (Wildman–Crippen MR) is 62.7 cm³/mol. The monoisotopic (exact) mass is 255 g/mol. The van der Waals surface area contributed by atoms with Crippen LogP contribution in [0.5, 0.6) is 5.75 Å². The Balaban J connectivity index is 2.36. The molecular weight excluding hydrogens is 245 g/mol. The molecule has 1 heterocycles. The van der Waals surface area contributed by atoms with Gasteiger partial charge in [0.2, 0.25) is 5.89 Å². The fraction of sp³-hybridized carbons (Fsp3) is 0.250. The van der Waals surface area contributed by atoms with Crippen molar-refractivity contribution in [3.05, 3.63) is 36.1 Å². The number of benzene rings is 1. The molecule has 0 N–H and O–H groups in total. The summed E-state index contributed by atoms with van der Waals surface area (Å²) in [5.41, 5.74) is 0.597. The van der Waals surface area contributed by atoms with Gasteiger partial charge in [-0.25, -0.2) is 9.37 Å². The quantitative estimate of drug-likeness (QED) is 0.783. The van der Waals surface area contributed by atoms with E-state index in [0.717, 1.165) is 0 Å². The van der Waals surface area contributed by atoms with E-state index in [9.17, 15) is 4.39 Å². The fourth-order valence-corrected chi connectivity index (χ4v) is 1.53. The number of hydrogen-bond acceptors (Lipinski definition) is 3. The van der Waals surface area contributed by atoms with Crippen LogP contribution in [0.25, 0.3) is 11.3 Å². The Hall–Kier alpha value is -1.55. The zero-order valence-corrected chi connectivity index (χ0v) is 10.2. The van der Waals surface area contributed by atoms with Gasteiger partial charge in [-0.1, -0.05) is 0 Å². The second kappa shape index (κ2) is 4.75. The normalized spacial score (nSPS) is 12.5. The maximum absolute atomic E-state index is 13.5.